The summed E-state index contributed by atoms with van der Waals surface area (Å²) in [5.41, 5.74) is 1.08. The van der Waals surface area contributed by atoms with Gasteiger partial charge in [0.1, 0.15) is 11.3 Å². The number of hydrogen-bond donors (Lipinski definition) is 0. The molecule has 4 nitrogen and oxygen atoms in total. The van der Waals surface area contributed by atoms with Crippen LogP contribution in [0.5, 0.6) is 5.75 Å². The van der Waals surface area contributed by atoms with E-state index in [1.807, 2.05) is 6.92 Å². The number of hydrogen-bond acceptors (Lipinski definition) is 3. The Bertz CT molecular complexity index is 632. The predicted molar refractivity (Wildman–Crippen MR) is 72.2 cm³/mol. The summed E-state index contributed by atoms with van der Waals surface area (Å²) in [4.78, 5) is 23.0. The van der Waals surface area contributed by atoms with Crippen molar-refractivity contribution < 1.29 is 19.4 Å². The van der Waals surface area contributed by atoms with Crippen LogP contribution in [0.4, 0.5) is 0 Å². The van der Waals surface area contributed by atoms with E-state index in [2.05, 4.69) is 0 Å². The number of carbonyl (C=O) groups excluding carboxylic acids is 2. The molecule has 0 saturated heterocycles. The van der Waals surface area contributed by atoms with E-state index in [0.717, 1.165) is 5.56 Å². The lowest BCUT2D eigenvalue weighted by Gasteiger charge is -2.08. The van der Waals surface area contributed by atoms with Crippen LogP contribution in [0, 0.1) is 0 Å². The first-order valence-corrected chi connectivity index (χ1v) is 6.23. The molecule has 0 aromatic heterocycles. The highest BCUT2D eigenvalue weighted by Crippen LogP contribution is 2.22. The smallest absolute Gasteiger partial charge is 0.390 e. The van der Waals surface area contributed by atoms with Gasteiger partial charge in [0.25, 0.3) is 0 Å². The molecule has 0 fully saturated rings. The van der Waals surface area contributed by atoms with Gasteiger partial charge in [-0.25, -0.2) is 14.7 Å². The molecule has 20 heavy (non-hydrogen) atoms. The van der Waals surface area contributed by atoms with Crippen molar-refractivity contribution in [2.45, 2.75) is 13.3 Å². The average Bonchev–Trinajstić information content (AvgIpc) is 2.48. The number of rotatable bonds is 4. The third-order valence-corrected chi connectivity index (χ3v) is 2.88. The van der Waals surface area contributed by atoms with Gasteiger partial charge in [-0.05, 0) is 36.2 Å². The van der Waals surface area contributed by atoms with Crippen LogP contribution < -0.4 is 4.74 Å². The molecule has 0 spiro atoms. The lowest BCUT2D eigenvalue weighted by Crippen LogP contribution is -2.11. The predicted octanol–water partition coefficient (Wildman–Crippen LogP) is 3.04. The van der Waals surface area contributed by atoms with Gasteiger partial charge in [0.05, 0.1) is 5.56 Å². The Morgan fingerprint density at radius 2 is 1.75 bits per heavy atom. The zero-order chi connectivity index (χ0) is 14.5. The van der Waals surface area contributed by atoms with E-state index >= 15 is 0 Å². The van der Waals surface area contributed by atoms with Crippen LogP contribution in [-0.4, -0.2) is 11.9 Å². The summed E-state index contributed by atoms with van der Waals surface area (Å²) in [6, 6.07) is 13.0. The van der Waals surface area contributed by atoms with Crippen LogP contribution in [0.3, 0.4) is 0 Å². The first-order valence-electron chi connectivity index (χ1n) is 6.23. The van der Waals surface area contributed by atoms with Crippen LogP contribution in [0.1, 0.15) is 33.2 Å². The van der Waals surface area contributed by atoms with Crippen molar-refractivity contribution in [2.75, 3.05) is 0 Å². The zero-order valence-electron chi connectivity index (χ0n) is 11.0. The summed E-state index contributed by atoms with van der Waals surface area (Å²) in [7, 11) is 0. The van der Waals surface area contributed by atoms with Gasteiger partial charge in [-0.2, -0.15) is 0 Å². The van der Waals surface area contributed by atoms with Gasteiger partial charge >= 0.3 is 11.9 Å². The largest absolute Gasteiger partial charge is 0.422 e. The van der Waals surface area contributed by atoms with Crippen molar-refractivity contribution in [1.29, 1.82) is 0 Å². The van der Waals surface area contributed by atoms with E-state index < -0.39 is 11.9 Å². The van der Waals surface area contributed by atoms with Gasteiger partial charge in [-0.1, -0.05) is 31.2 Å². The summed E-state index contributed by atoms with van der Waals surface area (Å²) >= 11 is 0. The normalized spacial score (nSPS) is 10.1. The highest BCUT2D eigenvalue weighted by molar-refractivity contribution is 5.95. The number of aryl methyl sites for hydroxylation is 1. The fourth-order valence-corrected chi connectivity index (χ4v) is 1.78. The minimum Gasteiger partial charge on any atom is -0.422 e. The van der Waals surface area contributed by atoms with Crippen molar-refractivity contribution in [2.24, 2.45) is 0 Å². The Morgan fingerprint density at radius 1 is 1.05 bits per heavy atom. The van der Waals surface area contributed by atoms with Crippen LogP contribution in [0.2, 0.25) is 0 Å². The second-order valence-electron chi connectivity index (χ2n) is 4.23. The van der Waals surface area contributed by atoms with Crippen molar-refractivity contribution >= 4 is 11.9 Å². The number of ether oxygens (including phenoxy) is 1. The van der Waals surface area contributed by atoms with E-state index in [0.29, 0.717) is 12.0 Å². The molecule has 0 N–H and O–H groups in total. The Hall–Kier alpha value is -2.62. The topological polar surface area (TPSA) is 63.3 Å². The van der Waals surface area contributed by atoms with Crippen molar-refractivity contribution in [1.82, 2.24) is 0 Å². The van der Waals surface area contributed by atoms with Gasteiger partial charge in [-0.3, -0.25) is 0 Å². The fourth-order valence-electron chi connectivity index (χ4n) is 1.78. The Balaban J connectivity index is 2.29. The lowest BCUT2D eigenvalue weighted by molar-refractivity contribution is 0.0566. The second kappa shape index (κ2) is 6.02. The lowest BCUT2D eigenvalue weighted by atomic mass is 10.1. The van der Waals surface area contributed by atoms with Gasteiger partial charge in [0.2, 0.25) is 0 Å². The van der Waals surface area contributed by atoms with Crippen LogP contribution >= 0.6 is 0 Å². The van der Waals surface area contributed by atoms with Crippen molar-refractivity contribution in [3.8, 4) is 5.75 Å². The molecule has 0 atom stereocenters. The summed E-state index contributed by atoms with van der Waals surface area (Å²) in [5, 5.41) is 11.1. The maximum absolute atomic E-state index is 11.9. The molecule has 2 aromatic carbocycles. The maximum atomic E-state index is 11.9. The standard InChI is InChI=1S/C16H13O4/c1-2-11-8-9-14(13(10-11)15(17)18)20-16(19)12-6-4-3-5-7-12/h3-10H,2H2,1H3. The maximum Gasteiger partial charge on any atom is 0.390 e. The fraction of sp³-hybridized carbons (Fsp3) is 0.125. The SMILES string of the molecule is CCc1ccc(OC(=O)c2ccccc2)c(C([O])=O)c1. The molecule has 0 aliphatic heterocycles. The molecule has 0 amide bonds. The molecule has 0 aliphatic carbocycles. The monoisotopic (exact) mass is 269 g/mol. The Kier molecular flexibility index (Phi) is 4.15. The van der Waals surface area contributed by atoms with Gasteiger partial charge in [0.15, 0.2) is 0 Å². The molecule has 0 saturated carbocycles. The minimum atomic E-state index is -1.36. The zero-order valence-corrected chi connectivity index (χ0v) is 11.0. The summed E-state index contributed by atoms with van der Waals surface area (Å²) in [6.45, 7) is 1.91. The van der Waals surface area contributed by atoms with E-state index in [-0.39, 0.29) is 11.3 Å². The van der Waals surface area contributed by atoms with Gasteiger partial charge < -0.3 is 4.74 Å². The van der Waals surface area contributed by atoms with Crippen LogP contribution in [0.15, 0.2) is 48.5 Å². The third-order valence-electron chi connectivity index (χ3n) is 2.88. The summed E-state index contributed by atoms with van der Waals surface area (Å²) < 4.78 is 5.13. The minimum absolute atomic E-state index is 0.00365. The summed E-state index contributed by atoms with van der Waals surface area (Å²) in [6.07, 6.45) is 0.688. The quantitative estimate of drug-likeness (QED) is 0.633. The molecule has 4 heteroatoms. The molecule has 0 bridgehead atoms. The van der Waals surface area contributed by atoms with Crippen LogP contribution in [0.25, 0.3) is 0 Å². The number of benzene rings is 2. The first-order chi connectivity index (χ1) is 9.61. The molecule has 0 unspecified atom stereocenters. The van der Waals surface area contributed by atoms with E-state index in [4.69, 9.17) is 4.74 Å². The molecule has 2 rings (SSSR count). The first kappa shape index (κ1) is 13.8. The van der Waals surface area contributed by atoms with Gasteiger partial charge in [-0.15, -0.1) is 0 Å². The van der Waals surface area contributed by atoms with E-state index in [1.54, 1.807) is 36.4 Å². The molecule has 0 aliphatic rings. The van der Waals surface area contributed by atoms with E-state index in [1.165, 1.54) is 12.1 Å². The van der Waals surface area contributed by atoms with Gasteiger partial charge in [0, 0.05) is 0 Å². The Morgan fingerprint density at radius 3 is 2.35 bits per heavy atom. The van der Waals surface area contributed by atoms with Crippen LogP contribution in [-0.2, 0) is 11.5 Å². The number of carbonyl (C=O) groups is 2. The molecular weight excluding hydrogens is 256 g/mol. The second-order valence-corrected chi connectivity index (χ2v) is 4.23. The average molecular weight is 269 g/mol. The molecule has 0 heterocycles. The third kappa shape index (κ3) is 3.03. The Labute approximate surface area is 116 Å². The number of esters is 1. The molecule has 101 valence electrons. The van der Waals surface area contributed by atoms with E-state index in [9.17, 15) is 14.7 Å². The highest BCUT2D eigenvalue weighted by Gasteiger charge is 2.17. The molecule has 2 aromatic rings. The summed E-state index contributed by atoms with van der Waals surface area (Å²) in [5.74, 6) is -1.97. The molecular formula is C16H13O4. The van der Waals surface area contributed by atoms with Crippen molar-refractivity contribution in [3.63, 3.8) is 0 Å². The molecule has 1 radical (unpaired) electrons. The van der Waals surface area contributed by atoms with Crippen molar-refractivity contribution in [3.05, 3.63) is 65.2 Å². The highest BCUT2D eigenvalue weighted by atomic mass is 16.5.